The number of pyridine rings is 2. The minimum Gasteiger partial charge on any atom is -0.457 e. The molecule has 8 heteroatoms. The van der Waals surface area contributed by atoms with E-state index in [-0.39, 0.29) is 12.5 Å². The van der Waals surface area contributed by atoms with Gasteiger partial charge in [-0.25, -0.2) is 13.8 Å². The van der Waals surface area contributed by atoms with E-state index in [1.807, 2.05) is 24.4 Å². The molecular weight excluding hydrogens is 486 g/mol. The van der Waals surface area contributed by atoms with Crippen LogP contribution in [-0.4, -0.2) is 29.0 Å². The van der Waals surface area contributed by atoms with Crippen molar-refractivity contribution in [2.75, 3.05) is 18.0 Å². The lowest BCUT2D eigenvalue weighted by Gasteiger charge is -2.27. The molecular formula is C30H28F2N4O2. The van der Waals surface area contributed by atoms with E-state index < -0.39 is 11.6 Å². The van der Waals surface area contributed by atoms with Crippen molar-refractivity contribution >= 4 is 11.7 Å². The van der Waals surface area contributed by atoms with E-state index in [2.05, 4.69) is 20.2 Å². The van der Waals surface area contributed by atoms with Gasteiger partial charge in [-0.3, -0.25) is 9.78 Å². The van der Waals surface area contributed by atoms with Crippen LogP contribution in [-0.2, 0) is 6.54 Å². The lowest BCUT2D eigenvalue weighted by molar-refractivity contribution is 0.0949. The lowest BCUT2D eigenvalue weighted by Crippen LogP contribution is -2.29. The Morgan fingerprint density at radius 3 is 2.50 bits per heavy atom. The standard InChI is InChI=1S/C30H28F2N4O2/c1-20-26(30(37)35-18-21-14-23(31)16-24(32)15-21)6-5-7-28(20)38-25-10-11-33-27(17-25)22-8-9-29(34-19-22)36-12-3-2-4-13-36/h5-11,14-17,19H,2-4,12-13,18H2,1H3,(H,35,37). The molecule has 1 saturated heterocycles. The Balaban J connectivity index is 1.28. The molecule has 1 fully saturated rings. The minimum atomic E-state index is -0.689. The summed E-state index contributed by atoms with van der Waals surface area (Å²) in [6.07, 6.45) is 7.16. The molecule has 5 rings (SSSR count). The zero-order chi connectivity index (χ0) is 26.5. The number of ether oxygens (including phenoxy) is 1. The maximum absolute atomic E-state index is 13.5. The molecule has 2 aromatic carbocycles. The molecule has 0 spiro atoms. The summed E-state index contributed by atoms with van der Waals surface area (Å²) in [5.41, 5.74) is 3.00. The fourth-order valence-corrected chi connectivity index (χ4v) is 4.57. The number of hydrogen-bond acceptors (Lipinski definition) is 5. The summed E-state index contributed by atoms with van der Waals surface area (Å²) in [7, 11) is 0. The van der Waals surface area contributed by atoms with Crippen LogP contribution >= 0.6 is 0 Å². The summed E-state index contributed by atoms with van der Waals surface area (Å²) in [5.74, 6) is 0.329. The number of halogens is 2. The second kappa shape index (κ2) is 11.4. The van der Waals surface area contributed by atoms with E-state index in [0.29, 0.717) is 28.2 Å². The van der Waals surface area contributed by atoms with Crippen molar-refractivity contribution in [3.8, 4) is 22.8 Å². The summed E-state index contributed by atoms with van der Waals surface area (Å²) in [6.45, 7) is 3.86. The fraction of sp³-hybridized carbons (Fsp3) is 0.233. The molecule has 4 aromatic rings. The highest BCUT2D eigenvalue weighted by molar-refractivity contribution is 5.96. The van der Waals surface area contributed by atoms with Crippen LogP contribution in [0.15, 0.2) is 73.1 Å². The summed E-state index contributed by atoms with van der Waals surface area (Å²) in [5, 5.41) is 2.71. The van der Waals surface area contributed by atoms with Crippen molar-refractivity contribution in [1.29, 1.82) is 0 Å². The Hall–Kier alpha value is -4.33. The number of rotatable bonds is 7. The molecule has 3 heterocycles. The van der Waals surface area contributed by atoms with Crippen LogP contribution in [0.1, 0.15) is 40.7 Å². The summed E-state index contributed by atoms with van der Waals surface area (Å²) >= 11 is 0. The highest BCUT2D eigenvalue weighted by Crippen LogP contribution is 2.30. The first kappa shape index (κ1) is 25.3. The van der Waals surface area contributed by atoms with Crippen LogP contribution < -0.4 is 15.0 Å². The Labute approximate surface area is 220 Å². The van der Waals surface area contributed by atoms with Crippen molar-refractivity contribution < 1.29 is 18.3 Å². The Morgan fingerprint density at radius 1 is 0.974 bits per heavy atom. The number of nitrogens with zero attached hydrogens (tertiary/aromatic N) is 3. The zero-order valence-corrected chi connectivity index (χ0v) is 21.1. The minimum absolute atomic E-state index is 0.00363. The molecule has 0 radical (unpaired) electrons. The van der Waals surface area contributed by atoms with Gasteiger partial charge in [0.1, 0.15) is 29.0 Å². The van der Waals surface area contributed by atoms with Gasteiger partial charge < -0.3 is 15.0 Å². The Kier molecular flexibility index (Phi) is 7.58. The number of aromatic nitrogens is 2. The molecule has 38 heavy (non-hydrogen) atoms. The van der Waals surface area contributed by atoms with E-state index in [1.54, 1.807) is 37.4 Å². The van der Waals surface area contributed by atoms with Crippen LogP contribution in [0.5, 0.6) is 11.5 Å². The molecule has 0 saturated carbocycles. The van der Waals surface area contributed by atoms with Crippen molar-refractivity contribution in [2.45, 2.75) is 32.7 Å². The van der Waals surface area contributed by atoms with E-state index >= 15 is 0 Å². The van der Waals surface area contributed by atoms with Gasteiger partial charge in [-0.05, 0) is 74.2 Å². The molecule has 1 amide bonds. The van der Waals surface area contributed by atoms with Gasteiger partial charge in [0, 0.05) is 60.9 Å². The smallest absolute Gasteiger partial charge is 0.251 e. The van der Waals surface area contributed by atoms with Crippen LogP contribution in [0.4, 0.5) is 14.6 Å². The topological polar surface area (TPSA) is 67.3 Å². The van der Waals surface area contributed by atoms with E-state index in [9.17, 15) is 13.6 Å². The fourth-order valence-electron chi connectivity index (χ4n) is 4.57. The van der Waals surface area contributed by atoms with Crippen LogP contribution in [0.3, 0.4) is 0 Å². The molecule has 6 nitrogen and oxygen atoms in total. The molecule has 1 aliphatic heterocycles. The van der Waals surface area contributed by atoms with Gasteiger partial charge in [-0.2, -0.15) is 0 Å². The van der Waals surface area contributed by atoms with Gasteiger partial charge in [0.05, 0.1) is 5.69 Å². The summed E-state index contributed by atoms with van der Waals surface area (Å²) in [4.78, 5) is 24.2. The number of amides is 1. The summed E-state index contributed by atoms with van der Waals surface area (Å²) < 4.78 is 33.0. The quantitative estimate of drug-likeness (QED) is 0.307. The van der Waals surface area contributed by atoms with Gasteiger partial charge in [-0.15, -0.1) is 0 Å². The molecule has 0 unspecified atom stereocenters. The first-order valence-electron chi connectivity index (χ1n) is 12.6. The maximum Gasteiger partial charge on any atom is 0.251 e. The number of carbonyl (C=O) groups excluding carboxylic acids is 1. The number of nitrogens with one attached hydrogen (secondary N) is 1. The molecule has 194 valence electrons. The van der Waals surface area contributed by atoms with Gasteiger partial charge >= 0.3 is 0 Å². The van der Waals surface area contributed by atoms with Gasteiger partial charge in [0.2, 0.25) is 0 Å². The third-order valence-corrected chi connectivity index (χ3v) is 6.59. The van der Waals surface area contributed by atoms with Crippen LogP contribution in [0.25, 0.3) is 11.3 Å². The second-order valence-electron chi connectivity index (χ2n) is 9.32. The lowest BCUT2D eigenvalue weighted by atomic mass is 10.1. The molecule has 1 aliphatic rings. The molecule has 0 bridgehead atoms. The van der Waals surface area contributed by atoms with Crippen LogP contribution in [0, 0.1) is 18.6 Å². The number of benzene rings is 2. The second-order valence-corrected chi connectivity index (χ2v) is 9.32. The third kappa shape index (κ3) is 5.96. The van der Waals surface area contributed by atoms with Crippen molar-refractivity contribution in [3.63, 3.8) is 0 Å². The number of hydrogen-bond donors (Lipinski definition) is 1. The van der Waals surface area contributed by atoms with E-state index in [4.69, 9.17) is 4.74 Å². The largest absolute Gasteiger partial charge is 0.457 e. The third-order valence-electron chi connectivity index (χ3n) is 6.59. The number of anilines is 1. The van der Waals surface area contributed by atoms with Crippen molar-refractivity contribution in [3.05, 3.63) is 101 Å². The first-order chi connectivity index (χ1) is 18.5. The highest BCUT2D eigenvalue weighted by atomic mass is 19.1. The molecule has 0 aliphatic carbocycles. The van der Waals surface area contributed by atoms with E-state index in [0.717, 1.165) is 36.2 Å². The van der Waals surface area contributed by atoms with Crippen molar-refractivity contribution in [1.82, 2.24) is 15.3 Å². The number of carbonyl (C=O) groups is 1. The summed E-state index contributed by atoms with van der Waals surface area (Å²) in [6, 6.07) is 16.0. The molecule has 0 atom stereocenters. The normalized spacial score (nSPS) is 13.3. The van der Waals surface area contributed by atoms with Gasteiger partial charge in [-0.1, -0.05) is 6.07 Å². The Morgan fingerprint density at radius 2 is 1.76 bits per heavy atom. The van der Waals surface area contributed by atoms with Gasteiger partial charge in [0.25, 0.3) is 5.91 Å². The molecule has 2 aromatic heterocycles. The predicted molar refractivity (Wildman–Crippen MR) is 142 cm³/mol. The SMILES string of the molecule is Cc1c(Oc2ccnc(-c3ccc(N4CCCCC4)nc3)c2)cccc1C(=O)NCc1cc(F)cc(F)c1. The van der Waals surface area contributed by atoms with Crippen LogP contribution in [0.2, 0.25) is 0 Å². The van der Waals surface area contributed by atoms with Crippen molar-refractivity contribution in [2.24, 2.45) is 0 Å². The average Bonchev–Trinajstić information content (AvgIpc) is 2.93. The number of piperidine rings is 1. The average molecular weight is 515 g/mol. The monoisotopic (exact) mass is 514 g/mol. The Bertz CT molecular complexity index is 1420. The highest BCUT2D eigenvalue weighted by Gasteiger charge is 2.15. The zero-order valence-electron chi connectivity index (χ0n) is 21.1. The predicted octanol–water partition coefficient (Wildman–Crippen LogP) is 6.44. The first-order valence-corrected chi connectivity index (χ1v) is 12.6. The molecule has 1 N–H and O–H groups in total. The van der Waals surface area contributed by atoms with Gasteiger partial charge in [0.15, 0.2) is 0 Å². The maximum atomic E-state index is 13.5. The van der Waals surface area contributed by atoms with E-state index in [1.165, 1.54) is 31.4 Å².